The first-order valence-corrected chi connectivity index (χ1v) is 9.38. The summed E-state index contributed by atoms with van der Waals surface area (Å²) in [6.07, 6.45) is -12.1. The first-order chi connectivity index (χ1) is 15.7. The molecule has 0 aliphatic carbocycles. The van der Waals surface area contributed by atoms with E-state index in [1.807, 2.05) is 0 Å². The van der Waals surface area contributed by atoms with Gasteiger partial charge in [0.25, 0.3) is 0 Å². The molecule has 0 saturated heterocycles. The van der Waals surface area contributed by atoms with E-state index in [0.29, 0.717) is 18.2 Å². The molecule has 1 unspecified atom stereocenters. The van der Waals surface area contributed by atoms with Gasteiger partial charge in [-0.3, -0.25) is 0 Å². The Labute approximate surface area is 189 Å². The Morgan fingerprint density at radius 2 is 1.09 bits per heavy atom. The van der Waals surface area contributed by atoms with E-state index in [0.717, 1.165) is 12.1 Å². The Bertz CT molecular complexity index is 1000. The molecule has 0 aliphatic rings. The third kappa shape index (κ3) is 4.81. The molecule has 0 aromatic heterocycles. The van der Waals surface area contributed by atoms with Gasteiger partial charge in [-0.2, -0.15) is 57.1 Å². The Hall–Kier alpha value is -2.51. The third-order valence-corrected chi connectivity index (χ3v) is 5.09. The van der Waals surface area contributed by atoms with E-state index in [9.17, 15) is 57.1 Å². The van der Waals surface area contributed by atoms with Crippen LogP contribution in [0, 0.1) is 0 Å². The van der Waals surface area contributed by atoms with Crippen molar-refractivity contribution < 1.29 is 61.8 Å². The normalized spacial score (nSPS) is 15.3. The molecule has 0 bridgehead atoms. The molecule has 0 heterocycles. The summed E-state index contributed by atoms with van der Waals surface area (Å²) in [6.45, 7) is 0. The molecule has 0 N–H and O–H groups in total. The number of hydrogen-bond acceptors (Lipinski definition) is 1. The molecule has 35 heavy (non-hydrogen) atoms. The summed E-state index contributed by atoms with van der Waals surface area (Å²) < 4.78 is 178. The van der Waals surface area contributed by atoms with Crippen LogP contribution in [0.1, 0.15) is 18.1 Å². The second-order valence-corrected chi connectivity index (χ2v) is 7.42. The number of halogens is 13. The van der Waals surface area contributed by atoms with Gasteiger partial charge in [0.2, 0.25) is 0 Å². The van der Waals surface area contributed by atoms with E-state index in [-0.39, 0.29) is 5.56 Å². The first-order valence-electron chi connectivity index (χ1n) is 9.38. The van der Waals surface area contributed by atoms with Crippen LogP contribution in [-0.2, 0) is 4.74 Å². The van der Waals surface area contributed by atoms with Gasteiger partial charge in [-0.25, -0.2) is 0 Å². The van der Waals surface area contributed by atoms with E-state index < -0.39 is 48.3 Å². The van der Waals surface area contributed by atoms with Crippen LogP contribution in [0.3, 0.4) is 0 Å². The third-order valence-electron chi connectivity index (χ3n) is 5.09. The van der Waals surface area contributed by atoms with E-state index in [1.54, 1.807) is 30.3 Å². The lowest BCUT2D eigenvalue weighted by molar-refractivity contribution is -0.440. The SMILES string of the molecule is COC(CC(F)(F)C(F)(F)C(F)(F)C(F)(F)C(F)(F)C(F)(F)F)c1cccc(-c2ccccc2)c1. The van der Waals surface area contributed by atoms with Crippen molar-refractivity contribution in [2.45, 2.75) is 48.3 Å². The Balaban J connectivity index is 2.45. The summed E-state index contributed by atoms with van der Waals surface area (Å²) in [5, 5.41) is 0. The van der Waals surface area contributed by atoms with Gasteiger partial charge in [0.1, 0.15) is 0 Å². The van der Waals surface area contributed by atoms with Crippen molar-refractivity contribution in [2.75, 3.05) is 7.11 Å². The van der Waals surface area contributed by atoms with Crippen molar-refractivity contribution in [3.8, 4) is 11.1 Å². The standard InChI is InChI=1S/C21H15F13O/c1-35-15(14-9-5-8-13(10-14)12-6-3-2-4-7-12)11-16(22,23)17(24,25)18(26,27)19(28,29)20(30,31)21(32,33)34/h2-10,15H,11H2,1H3. The lowest BCUT2D eigenvalue weighted by Crippen LogP contribution is -2.70. The van der Waals surface area contributed by atoms with Crippen LogP contribution in [0.5, 0.6) is 0 Å². The Morgan fingerprint density at radius 3 is 1.57 bits per heavy atom. The van der Waals surface area contributed by atoms with Crippen LogP contribution >= 0.6 is 0 Å². The van der Waals surface area contributed by atoms with Gasteiger partial charge in [0.15, 0.2) is 0 Å². The number of methoxy groups -OCH3 is 1. The fraction of sp³-hybridized carbons (Fsp3) is 0.429. The molecule has 0 saturated carbocycles. The van der Waals surface area contributed by atoms with Crippen molar-refractivity contribution in [3.63, 3.8) is 0 Å². The molecule has 1 nitrogen and oxygen atoms in total. The van der Waals surface area contributed by atoms with E-state index in [2.05, 4.69) is 4.74 Å². The second-order valence-electron chi connectivity index (χ2n) is 7.42. The molecule has 2 rings (SSSR count). The maximum atomic E-state index is 14.3. The minimum absolute atomic E-state index is 0.319. The fourth-order valence-corrected chi connectivity index (χ4v) is 3.05. The van der Waals surface area contributed by atoms with Crippen LogP contribution < -0.4 is 0 Å². The molecule has 0 spiro atoms. The number of hydrogen-bond donors (Lipinski definition) is 0. The molecule has 14 heteroatoms. The van der Waals surface area contributed by atoms with Gasteiger partial charge in [0, 0.05) is 13.5 Å². The highest BCUT2D eigenvalue weighted by molar-refractivity contribution is 5.64. The van der Waals surface area contributed by atoms with Crippen LogP contribution in [-0.4, -0.2) is 42.9 Å². The van der Waals surface area contributed by atoms with Crippen molar-refractivity contribution in [1.29, 1.82) is 0 Å². The van der Waals surface area contributed by atoms with Gasteiger partial charge in [-0.15, -0.1) is 0 Å². The average Bonchev–Trinajstić information content (AvgIpc) is 2.76. The summed E-state index contributed by atoms with van der Waals surface area (Å²) in [4.78, 5) is 0. The zero-order valence-electron chi connectivity index (χ0n) is 17.3. The Morgan fingerprint density at radius 1 is 0.600 bits per heavy atom. The van der Waals surface area contributed by atoms with Crippen molar-refractivity contribution in [3.05, 3.63) is 60.2 Å². The zero-order chi connectivity index (χ0) is 27.1. The average molecular weight is 530 g/mol. The quantitative estimate of drug-likeness (QED) is 0.297. The molecule has 1 atom stereocenters. The molecular weight excluding hydrogens is 515 g/mol. The van der Waals surface area contributed by atoms with E-state index >= 15 is 0 Å². The molecule has 2 aromatic rings. The highest BCUT2D eigenvalue weighted by atomic mass is 19.4. The summed E-state index contributed by atoms with van der Waals surface area (Å²) in [7, 11) is 0.679. The van der Waals surface area contributed by atoms with E-state index in [1.165, 1.54) is 12.1 Å². The molecule has 0 amide bonds. The van der Waals surface area contributed by atoms with Crippen LogP contribution in [0.25, 0.3) is 11.1 Å². The molecule has 0 fully saturated rings. The maximum Gasteiger partial charge on any atom is 0.460 e. The molecule has 0 radical (unpaired) electrons. The zero-order valence-corrected chi connectivity index (χ0v) is 17.3. The smallest absolute Gasteiger partial charge is 0.377 e. The summed E-state index contributed by atoms with van der Waals surface area (Å²) >= 11 is 0. The highest BCUT2D eigenvalue weighted by Gasteiger charge is 2.90. The topological polar surface area (TPSA) is 9.23 Å². The lowest BCUT2D eigenvalue weighted by Gasteiger charge is -2.40. The van der Waals surface area contributed by atoms with Crippen LogP contribution in [0.4, 0.5) is 57.1 Å². The predicted molar refractivity (Wildman–Crippen MR) is 97.0 cm³/mol. The second kappa shape index (κ2) is 9.17. The minimum atomic E-state index is -7.93. The minimum Gasteiger partial charge on any atom is -0.377 e. The van der Waals surface area contributed by atoms with Crippen molar-refractivity contribution in [1.82, 2.24) is 0 Å². The van der Waals surface area contributed by atoms with Crippen molar-refractivity contribution in [2.24, 2.45) is 0 Å². The predicted octanol–water partition coefficient (Wildman–Crippen LogP) is 8.17. The lowest BCUT2D eigenvalue weighted by atomic mass is 9.89. The molecule has 2 aromatic carbocycles. The Kier molecular flexibility index (Phi) is 7.53. The number of rotatable bonds is 9. The van der Waals surface area contributed by atoms with Gasteiger partial charge in [0.05, 0.1) is 6.10 Å². The first kappa shape index (κ1) is 28.7. The fourth-order valence-electron chi connectivity index (χ4n) is 3.05. The van der Waals surface area contributed by atoms with Gasteiger partial charge in [-0.1, -0.05) is 48.5 Å². The van der Waals surface area contributed by atoms with E-state index in [4.69, 9.17) is 0 Å². The highest BCUT2D eigenvalue weighted by Crippen LogP contribution is 2.61. The van der Waals surface area contributed by atoms with Gasteiger partial charge in [-0.05, 0) is 22.8 Å². The molecule has 0 aliphatic heterocycles. The van der Waals surface area contributed by atoms with Crippen molar-refractivity contribution >= 4 is 0 Å². The molecule has 196 valence electrons. The monoisotopic (exact) mass is 530 g/mol. The van der Waals surface area contributed by atoms with Crippen LogP contribution in [0.2, 0.25) is 0 Å². The van der Waals surface area contributed by atoms with Gasteiger partial charge < -0.3 is 4.74 Å². The number of ether oxygens (including phenoxy) is 1. The number of alkyl halides is 13. The molecular formula is C21H15F13O. The van der Waals surface area contributed by atoms with Crippen LogP contribution in [0.15, 0.2) is 54.6 Å². The summed E-state index contributed by atoms with van der Waals surface area (Å²) in [5.41, 5.74) is 0.504. The largest absolute Gasteiger partial charge is 0.460 e. The summed E-state index contributed by atoms with van der Waals surface area (Å²) in [5.74, 6) is -37.1. The summed E-state index contributed by atoms with van der Waals surface area (Å²) in [6, 6.07) is 12.8. The van der Waals surface area contributed by atoms with Gasteiger partial charge >= 0.3 is 35.8 Å². The maximum absolute atomic E-state index is 14.3. The number of benzene rings is 2.